The second-order valence-corrected chi connectivity index (χ2v) is 8.32. The topological polar surface area (TPSA) is 67.9 Å². The van der Waals surface area contributed by atoms with E-state index in [-0.39, 0.29) is 11.8 Å². The Labute approximate surface area is 195 Å². The summed E-state index contributed by atoms with van der Waals surface area (Å²) < 4.78 is 12.4. The summed E-state index contributed by atoms with van der Waals surface area (Å²) in [5.41, 5.74) is 1.77. The van der Waals surface area contributed by atoms with Gasteiger partial charge in [0.1, 0.15) is 11.5 Å². The molecule has 1 N–H and O–H groups in total. The van der Waals surface area contributed by atoms with E-state index in [1.54, 1.807) is 42.2 Å². The van der Waals surface area contributed by atoms with Gasteiger partial charge in [-0.05, 0) is 67.9 Å². The molecular weight excluding hydrogens is 472 g/mol. The Morgan fingerprint density at radius 1 is 1.09 bits per heavy atom. The minimum Gasteiger partial charge on any atom is -0.494 e. The van der Waals surface area contributed by atoms with Gasteiger partial charge in [-0.25, -0.2) is 0 Å². The molecule has 1 atom stereocenters. The average Bonchev–Trinajstić information content (AvgIpc) is 2.80. The molecule has 0 saturated heterocycles. The van der Waals surface area contributed by atoms with E-state index >= 15 is 0 Å². The summed E-state index contributed by atoms with van der Waals surface area (Å²) in [6.07, 6.45) is 0.0863. The van der Waals surface area contributed by atoms with Gasteiger partial charge >= 0.3 is 0 Å². The van der Waals surface area contributed by atoms with Crippen LogP contribution in [0.15, 0.2) is 77.3 Å². The Morgan fingerprint density at radius 3 is 2.59 bits per heavy atom. The largest absolute Gasteiger partial charge is 0.494 e. The fourth-order valence-electron chi connectivity index (χ4n) is 3.45. The number of benzene rings is 3. The van der Waals surface area contributed by atoms with Crippen LogP contribution in [0.2, 0.25) is 0 Å². The van der Waals surface area contributed by atoms with Gasteiger partial charge in [-0.1, -0.05) is 34.1 Å². The number of carbonyl (C=O) groups excluding carboxylic acids is 2. The van der Waals surface area contributed by atoms with Gasteiger partial charge in [0.2, 0.25) is 0 Å². The minimum atomic E-state index is -0.569. The normalized spacial score (nSPS) is 15.0. The first-order chi connectivity index (χ1) is 15.5. The molecule has 4 rings (SSSR count). The molecule has 3 aromatic rings. The van der Waals surface area contributed by atoms with Crippen molar-refractivity contribution in [3.8, 4) is 11.5 Å². The fourth-order valence-corrected chi connectivity index (χ4v) is 3.71. The minimum absolute atomic E-state index is 0.117. The van der Waals surface area contributed by atoms with Gasteiger partial charge in [-0.3, -0.25) is 9.59 Å². The van der Waals surface area contributed by atoms with Gasteiger partial charge in [0.15, 0.2) is 6.10 Å². The van der Waals surface area contributed by atoms with Gasteiger partial charge in [0.05, 0.1) is 12.3 Å². The van der Waals surface area contributed by atoms with Crippen molar-refractivity contribution in [2.24, 2.45) is 0 Å². The first kappa shape index (κ1) is 21.9. The molecule has 1 unspecified atom stereocenters. The van der Waals surface area contributed by atoms with Crippen LogP contribution in [0.25, 0.3) is 0 Å². The highest BCUT2D eigenvalue weighted by Gasteiger charge is 2.31. The van der Waals surface area contributed by atoms with Gasteiger partial charge in [-0.2, -0.15) is 0 Å². The number of fused-ring (bicyclic) bond motifs is 1. The van der Waals surface area contributed by atoms with E-state index in [0.717, 1.165) is 10.2 Å². The molecule has 0 bridgehead atoms. The summed E-state index contributed by atoms with van der Waals surface area (Å²) in [4.78, 5) is 27.1. The molecule has 164 valence electrons. The molecule has 32 heavy (non-hydrogen) atoms. The average molecular weight is 495 g/mol. The Kier molecular flexibility index (Phi) is 6.75. The lowest BCUT2D eigenvalue weighted by Gasteiger charge is -2.33. The highest BCUT2D eigenvalue weighted by Crippen LogP contribution is 2.36. The van der Waals surface area contributed by atoms with Gasteiger partial charge in [0.25, 0.3) is 11.8 Å². The Hall–Kier alpha value is -3.32. The molecule has 1 heterocycles. The van der Waals surface area contributed by atoms with Gasteiger partial charge < -0.3 is 19.7 Å². The van der Waals surface area contributed by atoms with Crippen molar-refractivity contribution in [1.29, 1.82) is 0 Å². The van der Waals surface area contributed by atoms with E-state index < -0.39 is 6.10 Å². The van der Waals surface area contributed by atoms with Gasteiger partial charge in [-0.15, -0.1) is 0 Å². The molecule has 0 aromatic heterocycles. The Morgan fingerprint density at radius 2 is 1.84 bits per heavy atom. The molecule has 0 radical (unpaired) electrons. The van der Waals surface area contributed by atoms with Gasteiger partial charge in [0, 0.05) is 22.3 Å². The predicted molar refractivity (Wildman–Crippen MR) is 128 cm³/mol. The van der Waals surface area contributed by atoms with Crippen molar-refractivity contribution >= 4 is 39.1 Å². The lowest BCUT2D eigenvalue weighted by Crippen LogP contribution is -2.45. The number of para-hydroxylation sites is 1. The number of nitrogens with one attached hydrogen (secondary N) is 1. The van der Waals surface area contributed by atoms with Crippen LogP contribution in [0.1, 0.15) is 23.7 Å². The molecule has 0 aliphatic carbocycles. The Bertz CT molecular complexity index is 1100. The third-order valence-electron chi connectivity index (χ3n) is 5.07. The van der Waals surface area contributed by atoms with Crippen LogP contribution < -0.4 is 19.7 Å². The zero-order valence-corrected chi connectivity index (χ0v) is 19.2. The van der Waals surface area contributed by atoms with Crippen LogP contribution in [0.3, 0.4) is 0 Å². The SMILES string of the molecule is CC1Oc2ccc(NC(=O)c3ccc(Br)cc3)cc2N(CCCOc2ccccc2)C1=O. The zero-order chi connectivity index (χ0) is 22.5. The van der Waals surface area contributed by atoms with Crippen molar-refractivity contribution in [2.45, 2.75) is 19.4 Å². The summed E-state index contributed by atoms with van der Waals surface area (Å²) >= 11 is 3.37. The first-order valence-electron chi connectivity index (χ1n) is 10.4. The number of ether oxygens (including phenoxy) is 2. The zero-order valence-electron chi connectivity index (χ0n) is 17.6. The van der Waals surface area contributed by atoms with E-state index in [1.807, 2.05) is 42.5 Å². The van der Waals surface area contributed by atoms with Crippen molar-refractivity contribution in [2.75, 3.05) is 23.4 Å². The second-order valence-electron chi connectivity index (χ2n) is 7.41. The second kappa shape index (κ2) is 9.87. The molecular formula is C25H23BrN2O4. The van der Waals surface area contributed by atoms with Crippen molar-refractivity contribution < 1.29 is 19.1 Å². The number of hydrogen-bond acceptors (Lipinski definition) is 4. The highest BCUT2D eigenvalue weighted by molar-refractivity contribution is 9.10. The number of hydrogen-bond donors (Lipinski definition) is 1. The molecule has 6 nitrogen and oxygen atoms in total. The molecule has 0 spiro atoms. The number of anilines is 2. The van der Waals surface area contributed by atoms with E-state index in [2.05, 4.69) is 21.2 Å². The molecule has 7 heteroatoms. The summed E-state index contributed by atoms with van der Waals surface area (Å²) in [5, 5.41) is 2.89. The van der Waals surface area contributed by atoms with Crippen LogP contribution >= 0.6 is 15.9 Å². The quantitative estimate of drug-likeness (QED) is 0.453. The Balaban J connectivity index is 1.46. The lowest BCUT2D eigenvalue weighted by atomic mass is 10.1. The van der Waals surface area contributed by atoms with E-state index in [1.165, 1.54) is 0 Å². The highest BCUT2D eigenvalue weighted by atomic mass is 79.9. The number of rotatable bonds is 7. The summed E-state index contributed by atoms with van der Waals surface area (Å²) in [6, 6.07) is 22.0. The van der Waals surface area contributed by atoms with Crippen LogP contribution in [0.5, 0.6) is 11.5 Å². The summed E-state index contributed by atoms with van der Waals surface area (Å²) in [5.74, 6) is 1.07. The predicted octanol–water partition coefficient (Wildman–Crippen LogP) is 5.28. The van der Waals surface area contributed by atoms with Crippen LogP contribution in [-0.2, 0) is 4.79 Å². The van der Waals surface area contributed by atoms with E-state index in [4.69, 9.17) is 9.47 Å². The molecule has 2 amide bonds. The molecule has 3 aromatic carbocycles. The third-order valence-corrected chi connectivity index (χ3v) is 5.60. The number of carbonyl (C=O) groups is 2. The molecule has 0 saturated carbocycles. The van der Waals surface area contributed by atoms with Crippen LogP contribution in [0, 0.1) is 0 Å². The monoisotopic (exact) mass is 494 g/mol. The maximum Gasteiger partial charge on any atom is 0.267 e. The van der Waals surface area contributed by atoms with Crippen molar-refractivity contribution in [1.82, 2.24) is 0 Å². The fraction of sp³-hybridized carbons (Fsp3) is 0.200. The smallest absolute Gasteiger partial charge is 0.267 e. The number of nitrogens with zero attached hydrogens (tertiary/aromatic N) is 1. The number of amides is 2. The first-order valence-corrected chi connectivity index (χ1v) is 11.2. The standard InChI is InChI=1S/C25H23BrN2O4/c1-17-25(30)28(14-5-15-31-21-6-3-2-4-7-21)22-16-20(12-13-23(22)32-17)27-24(29)18-8-10-19(26)11-9-18/h2-4,6-13,16-17H,5,14-15H2,1H3,(H,27,29). The third kappa shape index (κ3) is 5.11. The maximum absolute atomic E-state index is 12.8. The van der Waals surface area contributed by atoms with Crippen molar-refractivity contribution in [3.05, 3.63) is 82.8 Å². The molecule has 1 aliphatic heterocycles. The maximum atomic E-state index is 12.8. The molecule has 1 aliphatic rings. The summed E-state index contributed by atoms with van der Waals surface area (Å²) in [7, 11) is 0. The van der Waals surface area contributed by atoms with E-state index in [9.17, 15) is 9.59 Å². The van der Waals surface area contributed by atoms with Crippen LogP contribution in [-0.4, -0.2) is 31.1 Å². The van der Waals surface area contributed by atoms with Crippen molar-refractivity contribution in [3.63, 3.8) is 0 Å². The number of halogens is 1. The lowest BCUT2D eigenvalue weighted by molar-refractivity contribution is -0.125. The summed E-state index contributed by atoms with van der Waals surface area (Å²) in [6.45, 7) is 2.71. The van der Waals surface area contributed by atoms with Crippen LogP contribution in [0.4, 0.5) is 11.4 Å². The van der Waals surface area contributed by atoms with E-state index in [0.29, 0.717) is 42.3 Å². The molecule has 0 fully saturated rings.